The maximum Gasteiger partial charge on any atom is 0.240 e. The van der Waals surface area contributed by atoms with Gasteiger partial charge in [0.2, 0.25) is 5.91 Å². The van der Waals surface area contributed by atoms with Crippen molar-refractivity contribution in [1.82, 2.24) is 14.9 Å². The molecule has 0 fully saturated rings. The number of nitrogens with two attached hydrogens (primary N) is 1. The van der Waals surface area contributed by atoms with E-state index < -0.39 is 0 Å². The largest absolute Gasteiger partial charge is 0.348 e. The molecule has 1 heterocycles. The second kappa shape index (κ2) is 9.25. The highest BCUT2D eigenvalue weighted by atomic mass is 35.5. The quantitative estimate of drug-likeness (QED) is 0.815. The molecule has 2 aromatic rings. The van der Waals surface area contributed by atoms with Crippen LogP contribution in [-0.2, 0) is 11.3 Å². The van der Waals surface area contributed by atoms with E-state index in [4.69, 9.17) is 5.73 Å². The molecule has 2 rings (SSSR count). The van der Waals surface area contributed by atoms with Gasteiger partial charge in [-0.1, -0.05) is 26.0 Å². The van der Waals surface area contributed by atoms with Crippen LogP contribution >= 0.6 is 24.8 Å². The number of hydrogen-bond acceptors (Lipinski definition) is 3. The number of amides is 1. The molecule has 1 aromatic carbocycles. The van der Waals surface area contributed by atoms with Gasteiger partial charge in [-0.15, -0.1) is 24.8 Å². The Bertz CT molecular complexity index is 672. The fourth-order valence-electron chi connectivity index (χ4n) is 3.00. The van der Waals surface area contributed by atoms with Crippen LogP contribution in [0.3, 0.4) is 0 Å². The Morgan fingerprint density at radius 2 is 1.96 bits per heavy atom. The number of nitrogens with zero attached hydrogens (tertiary/aromatic N) is 2. The van der Waals surface area contributed by atoms with Gasteiger partial charge in [-0.25, -0.2) is 4.98 Å². The number of benzene rings is 1. The summed E-state index contributed by atoms with van der Waals surface area (Å²) in [6.45, 7) is 8.88. The Balaban J connectivity index is 0.00000264. The molecule has 0 aliphatic heterocycles. The highest BCUT2D eigenvalue weighted by molar-refractivity contribution is 5.85. The van der Waals surface area contributed by atoms with E-state index in [1.54, 1.807) is 0 Å². The van der Waals surface area contributed by atoms with Crippen LogP contribution in [0.2, 0.25) is 0 Å². The lowest BCUT2D eigenvalue weighted by molar-refractivity contribution is -0.123. The topological polar surface area (TPSA) is 72.9 Å². The van der Waals surface area contributed by atoms with Gasteiger partial charge in [-0.05, 0) is 38.3 Å². The van der Waals surface area contributed by atoms with Crippen LogP contribution in [0.5, 0.6) is 0 Å². The fourth-order valence-corrected chi connectivity index (χ4v) is 3.00. The third-order valence-electron chi connectivity index (χ3n) is 3.90. The van der Waals surface area contributed by atoms with Crippen molar-refractivity contribution in [3.8, 4) is 0 Å². The zero-order valence-electron chi connectivity index (χ0n) is 14.7. The van der Waals surface area contributed by atoms with E-state index in [0.717, 1.165) is 23.3 Å². The number of rotatable bonds is 6. The van der Waals surface area contributed by atoms with Crippen LogP contribution in [0.4, 0.5) is 0 Å². The first-order valence-corrected chi connectivity index (χ1v) is 7.77. The van der Waals surface area contributed by atoms with Crippen LogP contribution in [-0.4, -0.2) is 27.5 Å². The highest BCUT2D eigenvalue weighted by Gasteiger charge is 2.26. The van der Waals surface area contributed by atoms with E-state index in [1.807, 2.05) is 42.7 Å². The molecule has 0 aliphatic carbocycles. The Hall–Kier alpha value is -1.30. The number of carbonyl (C=O) groups is 1. The number of halogens is 2. The minimum Gasteiger partial charge on any atom is -0.348 e. The average molecular weight is 375 g/mol. The zero-order valence-corrected chi connectivity index (χ0v) is 16.3. The van der Waals surface area contributed by atoms with Crippen LogP contribution in [0, 0.1) is 12.8 Å². The molecule has 24 heavy (non-hydrogen) atoms. The SMILES string of the molecule is Cc1nc2ccccc2n1CC(=O)NC(C)(CN)CC(C)C.Cl.Cl. The summed E-state index contributed by atoms with van der Waals surface area (Å²) in [6, 6.07) is 7.85. The number of aryl methyl sites for hydroxylation is 1. The Morgan fingerprint density at radius 1 is 1.33 bits per heavy atom. The lowest BCUT2D eigenvalue weighted by Gasteiger charge is -2.31. The molecule has 1 amide bonds. The predicted molar refractivity (Wildman–Crippen MR) is 104 cm³/mol. The van der Waals surface area contributed by atoms with E-state index >= 15 is 0 Å². The summed E-state index contributed by atoms with van der Waals surface area (Å²) in [5.41, 5.74) is 7.39. The van der Waals surface area contributed by atoms with E-state index in [-0.39, 0.29) is 42.8 Å². The maximum atomic E-state index is 12.4. The second-order valence-corrected chi connectivity index (χ2v) is 6.64. The first-order chi connectivity index (χ1) is 10.3. The summed E-state index contributed by atoms with van der Waals surface area (Å²) in [4.78, 5) is 16.9. The van der Waals surface area contributed by atoms with Crippen molar-refractivity contribution in [1.29, 1.82) is 0 Å². The van der Waals surface area contributed by atoms with Crippen LogP contribution < -0.4 is 11.1 Å². The van der Waals surface area contributed by atoms with E-state index in [0.29, 0.717) is 12.5 Å². The van der Waals surface area contributed by atoms with Crippen molar-refractivity contribution in [3.63, 3.8) is 0 Å². The number of para-hydroxylation sites is 2. The van der Waals surface area contributed by atoms with Crippen molar-refractivity contribution >= 4 is 41.8 Å². The smallest absolute Gasteiger partial charge is 0.240 e. The number of imidazole rings is 1. The third-order valence-corrected chi connectivity index (χ3v) is 3.90. The van der Waals surface area contributed by atoms with E-state index in [9.17, 15) is 4.79 Å². The average Bonchev–Trinajstić information content (AvgIpc) is 2.74. The van der Waals surface area contributed by atoms with Crippen LogP contribution in [0.15, 0.2) is 24.3 Å². The monoisotopic (exact) mass is 374 g/mol. The Labute approximate surface area is 156 Å². The Morgan fingerprint density at radius 3 is 2.54 bits per heavy atom. The standard InChI is InChI=1S/C17H26N4O.2ClH/c1-12(2)9-17(4,11-18)20-16(22)10-21-13(3)19-14-7-5-6-8-15(14)21;;/h5-8,12H,9-11,18H2,1-4H3,(H,20,22);2*1H. The normalized spacial score (nSPS) is 13.1. The molecule has 136 valence electrons. The van der Waals surface area contributed by atoms with Crippen molar-refractivity contribution < 1.29 is 4.79 Å². The summed E-state index contributed by atoms with van der Waals surface area (Å²) in [6.07, 6.45) is 0.860. The number of aromatic nitrogens is 2. The fraction of sp³-hybridized carbons (Fsp3) is 0.529. The number of fused-ring (bicyclic) bond motifs is 1. The zero-order chi connectivity index (χ0) is 16.3. The highest BCUT2D eigenvalue weighted by Crippen LogP contribution is 2.17. The predicted octanol–water partition coefficient (Wildman–Crippen LogP) is 3.07. The second-order valence-electron chi connectivity index (χ2n) is 6.64. The summed E-state index contributed by atoms with van der Waals surface area (Å²) < 4.78 is 1.94. The number of carbonyl (C=O) groups excluding carboxylic acids is 1. The van der Waals surface area contributed by atoms with E-state index in [2.05, 4.69) is 24.1 Å². The third kappa shape index (κ3) is 5.36. The molecule has 0 radical (unpaired) electrons. The van der Waals surface area contributed by atoms with Crippen molar-refractivity contribution in [2.24, 2.45) is 11.7 Å². The van der Waals surface area contributed by atoms with E-state index in [1.165, 1.54) is 0 Å². The first-order valence-electron chi connectivity index (χ1n) is 7.77. The van der Waals surface area contributed by atoms with Gasteiger partial charge in [-0.3, -0.25) is 4.79 Å². The molecule has 0 spiro atoms. The van der Waals surface area contributed by atoms with Gasteiger partial charge in [0.05, 0.1) is 11.0 Å². The molecule has 3 N–H and O–H groups in total. The molecule has 1 aromatic heterocycles. The summed E-state index contributed by atoms with van der Waals surface area (Å²) in [5.74, 6) is 1.29. The van der Waals surface area contributed by atoms with Gasteiger partial charge < -0.3 is 15.6 Å². The molecule has 1 unspecified atom stereocenters. The van der Waals surface area contributed by atoms with Crippen LogP contribution in [0.25, 0.3) is 11.0 Å². The van der Waals surface area contributed by atoms with Gasteiger partial charge in [0.25, 0.3) is 0 Å². The molecule has 0 saturated carbocycles. The van der Waals surface area contributed by atoms with Gasteiger partial charge in [0.1, 0.15) is 12.4 Å². The summed E-state index contributed by atoms with van der Waals surface area (Å²) in [5, 5.41) is 3.09. The molecule has 0 saturated heterocycles. The van der Waals surface area contributed by atoms with Gasteiger partial charge in [0.15, 0.2) is 0 Å². The lowest BCUT2D eigenvalue weighted by Crippen LogP contribution is -2.53. The van der Waals surface area contributed by atoms with Gasteiger partial charge in [0, 0.05) is 12.1 Å². The molecule has 0 bridgehead atoms. The number of hydrogen-bond donors (Lipinski definition) is 2. The molecular formula is C17H28Cl2N4O. The van der Waals surface area contributed by atoms with Crippen molar-refractivity contribution in [2.45, 2.75) is 46.2 Å². The van der Waals surface area contributed by atoms with Crippen molar-refractivity contribution in [3.05, 3.63) is 30.1 Å². The minimum absolute atomic E-state index is 0. The maximum absolute atomic E-state index is 12.4. The van der Waals surface area contributed by atoms with Crippen molar-refractivity contribution in [2.75, 3.05) is 6.54 Å². The minimum atomic E-state index is -0.366. The molecule has 7 heteroatoms. The summed E-state index contributed by atoms with van der Waals surface area (Å²) >= 11 is 0. The summed E-state index contributed by atoms with van der Waals surface area (Å²) in [7, 11) is 0. The van der Waals surface area contributed by atoms with Crippen LogP contribution in [0.1, 0.15) is 33.0 Å². The first kappa shape index (κ1) is 22.7. The molecular weight excluding hydrogens is 347 g/mol. The molecule has 1 atom stereocenters. The Kier molecular flexibility index (Phi) is 8.75. The number of nitrogens with one attached hydrogen (secondary N) is 1. The lowest BCUT2D eigenvalue weighted by atomic mass is 9.91. The molecule has 5 nitrogen and oxygen atoms in total. The molecule has 0 aliphatic rings. The van der Waals surface area contributed by atoms with Gasteiger partial charge in [-0.2, -0.15) is 0 Å². The van der Waals surface area contributed by atoms with Gasteiger partial charge >= 0.3 is 0 Å².